The monoisotopic (exact) mass is 396 g/mol. The number of esters is 1. The van der Waals surface area contributed by atoms with Gasteiger partial charge in [0, 0.05) is 45.1 Å². The molecule has 0 spiro atoms. The molecule has 0 aliphatic carbocycles. The normalized spacial score (nSPS) is 16.2. The van der Waals surface area contributed by atoms with Gasteiger partial charge >= 0.3 is 5.97 Å². The molecule has 0 amide bonds. The van der Waals surface area contributed by atoms with E-state index < -0.39 is 0 Å². The summed E-state index contributed by atoms with van der Waals surface area (Å²) in [6, 6.07) is 3.76. The van der Waals surface area contributed by atoms with E-state index in [1.54, 1.807) is 11.8 Å². The molecule has 1 saturated heterocycles. The third kappa shape index (κ3) is 6.74. The van der Waals surface area contributed by atoms with Crippen LogP contribution >= 0.6 is 24.0 Å². The van der Waals surface area contributed by atoms with Crippen LogP contribution in [0.1, 0.15) is 12.0 Å². The van der Waals surface area contributed by atoms with Gasteiger partial charge in [-0.1, -0.05) is 0 Å². The number of pyridine rings is 1. The van der Waals surface area contributed by atoms with Crippen molar-refractivity contribution in [2.45, 2.75) is 18.9 Å². The molecule has 0 bridgehead atoms. The van der Waals surface area contributed by atoms with E-state index in [4.69, 9.17) is 17.0 Å². The number of methoxy groups -OCH3 is 1. The summed E-state index contributed by atoms with van der Waals surface area (Å²) in [4.78, 5) is 20.6. The maximum Gasteiger partial charge on any atom is 0.328 e. The molecule has 2 rings (SSSR count). The lowest BCUT2D eigenvalue weighted by atomic mass is 10.2. The second kappa shape index (κ2) is 11.4. The molecule has 2 heterocycles. The predicted octanol–water partition coefficient (Wildman–Crippen LogP) is 1.41. The zero-order valence-corrected chi connectivity index (χ0v) is 17.2. The highest BCUT2D eigenvalue weighted by molar-refractivity contribution is 7.98. The van der Waals surface area contributed by atoms with Crippen molar-refractivity contribution in [2.24, 2.45) is 0 Å². The third-order valence-electron chi connectivity index (χ3n) is 4.52. The number of carbonyl (C=O) groups excluding carboxylic acids is 1. The Morgan fingerprint density at radius 2 is 2.04 bits per heavy atom. The van der Waals surface area contributed by atoms with Gasteiger partial charge in [-0.3, -0.25) is 9.88 Å². The fourth-order valence-corrected chi connectivity index (χ4v) is 3.67. The van der Waals surface area contributed by atoms with Crippen molar-refractivity contribution in [3.05, 3.63) is 30.1 Å². The highest BCUT2D eigenvalue weighted by atomic mass is 32.2. The fraction of sp³-hybridized carbons (Fsp3) is 0.611. The molecular weight excluding hydrogens is 368 g/mol. The highest BCUT2D eigenvalue weighted by Gasteiger charge is 2.24. The predicted molar refractivity (Wildman–Crippen MR) is 110 cm³/mol. The molecule has 144 valence electrons. The van der Waals surface area contributed by atoms with Gasteiger partial charge in [-0.25, -0.2) is 4.79 Å². The Kier molecular flexibility index (Phi) is 9.14. The summed E-state index contributed by atoms with van der Waals surface area (Å²) in [7, 11) is 1.42. The largest absolute Gasteiger partial charge is 0.467 e. The van der Waals surface area contributed by atoms with E-state index >= 15 is 0 Å². The second-order valence-corrected chi connectivity index (χ2v) is 7.61. The smallest absolute Gasteiger partial charge is 0.328 e. The van der Waals surface area contributed by atoms with E-state index in [2.05, 4.69) is 32.2 Å². The summed E-state index contributed by atoms with van der Waals surface area (Å²) in [6.07, 6.45) is 7.44. The average molecular weight is 397 g/mol. The molecule has 1 aliphatic heterocycles. The molecule has 1 N–H and O–H groups in total. The molecule has 1 aliphatic rings. The number of hydrogen-bond acceptors (Lipinski definition) is 6. The van der Waals surface area contributed by atoms with Crippen LogP contribution in [0.3, 0.4) is 0 Å². The van der Waals surface area contributed by atoms with Gasteiger partial charge in [0.15, 0.2) is 5.11 Å². The van der Waals surface area contributed by atoms with Crippen molar-refractivity contribution < 1.29 is 9.53 Å². The van der Waals surface area contributed by atoms with Crippen molar-refractivity contribution in [2.75, 3.05) is 51.8 Å². The summed E-state index contributed by atoms with van der Waals surface area (Å²) >= 11 is 7.23. The number of piperazine rings is 1. The maximum atomic E-state index is 11.9. The SMILES string of the molecule is COC(=O)C(CCSC)NC(=S)N1CCN(CCc2ccncc2)CC1. The van der Waals surface area contributed by atoms with Crippen molar-refractivity contribution in [1.29, 1.82) is 0 Å². The molecule has 6 nitrogen and oxygen atoms in total. The highest BCUT2D eigenvalue weighted by Crippen LogP contribution is 2.08. The van der Waals surface area contributed by atoms with E-state index in [0.717, 1.165) is 44.9 Å². The van der Waals surface area contributed by atoms with Gasteiger partial charge in [0.05, 0.1) is 7.11 Å². The van der Waals surface area contributed by atoms with Crippen LogP contribution in [-0.4, -0.2) is 83.7 Å². The van der Waals surface area contributed by atoms with Crippen LogP contribution in [0, 0.1) is 0 Å². The maximum absolute atomic E-state index is 11.9. The molecule has 1 unspecified atom stereocenters. The molecular formula is C18H28N4O2S2. The van der Waals surface area contributed by atoms with Crippen LogP contribution in [0.15, 0.2) is 24.5 Å². The minimum atomic E-state index is -0.371. The summed E-state index contributed by atoms with van der Waals surface area (Å²) < 4.78 is 4.89. The summed E-state index contributed by atoms with van der Waals surface area (Å²) in [6.45, 7) is 4.73. The van der Waals surface area contributed by atoms with Gasteiger partial charge in [0.1, 0.15) is 6.04 Å². The molecule has 1 atom stereocenters. The van der Waals surface area contributed by atoms with Crippen molar-refractivity contribution in [1.82, 2.24) is 20.1 Å². The first-order valence-electron chi connectivity index (χ1n) is 8.87. The molecule has 0 saturated carbocycles. The summed E-state index contributed by atoms with van der Waals surface area (Å²) in [5.74, 6) is 0.635. The average Bonchev–Trinajstić information content (AvgIpc) is 2.70. The third-order valence-corrected chi connectivity index (χ3v) is 5.54. The molecule has 26 heavy (non-hydrogen) atoms. The van der Waals surface area contributed by atoms with Gasteiger partial charge in [-0.05, 0) is 54.8 Å². The van der Waals surface area contributed by atoms with Crippen LogP contribution in [0.25, 0.3) is 0 Å². The van der Waals surface area contributed by atoms with E-state index in [1.807, 2.05) is 18.6 Å². The van der Waals surface area contributed by atoms with Crippen molar-refractivity contribution in [3.63, 3.8) is 0 Å². The van der Waals surface area contributed by atoms with Crippen LogP contribution in [0.2, 0.25) is 0 Å². The van der Waals surface area contributed by atoms with Gasteiger partial charge in [-0.15, -0.1) is 0 Å². The van der Waals surface area contributed by atoms with Crippen LogP contribution in [0.5, 0.6) is 0 Å². The lowest BCUT2D eigenvalue weighted by Crippen LogP contribution is -2.54. The van der Waals surface area contributed by atoms with Gasteiger partial charge < -0.3 is 15.0 Å². The Labute approximate surface area is 165 Å². The molecule has 0 aromatic carbocycles. The van der Waals surface area contributed by atoms with Gasteiger partial charge in [0.25, 0.3) is 0 Å². The number of thiocarbonyl (C=S) groups is 1. The Balaban J connectivity index is 1.75. The van der Waals surface area contributed by atoms with E-state index in [9.17, 15) is 4.79 Å². The van der Waals surface area contributed by atoms with E-state index in [1.165, 1.54) is 12.7 Å². The number of nitrogens with zero attached hydrogens (tertiary/aromatic N) is 3. The summed E-state index contributed by atoms with van der Waals surface area (Å²) in [5, 5.41) is 3.84. The van der Waals surface area contributed by atoms with E-state index in [0.29, 0.717) is 11.5 Å². The number of rotatable bonds is 8. The number of hydrogen-bond donors (Lipinski definition) is 1. The van der Waals surface area contributed by atoms with Crippen molar-refractivity contribution >= 4 is 35.1 Å². The van der Waals surface area contributed by atoms with Gasteiger partial charge in [-0.2, -0.15) is 11.8 Å². The first kappa shape index (κ1) is 20.9. The molecule has 1 fully saturated rings. The molecule has 1 aromatic rings. The van der Waals surface area contributed by atoms with Crippen LogP contribution in [0.4, 0.5) is 0 Å². The Morgan fingerprint density at radius 1 is 1.35 bits per heavy atom. The lowest BCUT2D eigenvalue weighted by molar-refractivity contribution is -0.142. The first-order chi connectivity index (χ1) is 12.6. The standard InChI is InChI=1S/C18H28N4O2S2/c1-24-17(23)16(6-14-26-2)20-18(25)22-12-10-21(11-13-22)9-5-15-3-7-19-8-4-15/h3-4,7-8,16H,5-6,9-14H2,1-2H3,(H,20,25). The van der Waals surface area contributed by atoms with Gasteiger partial charge in [0.2, 0.25) is 0 Å². The Bertz CT molecular complexity index is 566. The Hall–Kier alpha value is -1.38. The quantitative estimate of drug-likeness (QED) is 0.523. The van der Waals surface area contributed by atoms with E-state index in [-0.39, 0.29) is 12.0 Å². The second-order valence-electron chi connectivity index (χ2n) is 6.24. The summed E-state index contributed by atoms with van der Waals surface area (Å²) in [5.41, 5.74) is 1.31. The van der Waals surface area contributed by atoms with Crippen molar-refractivity contribution in [3.8, 4) is 0 Å². The zero-order valence-electron chi connectivity index (χ0n) is 15.5. The minimum Gasteiger partial charge on any atom is -0.467 e. The number of carbonyl (C=O) groups is 1. The molecule has 1 aromatic heterocycles. The Morgan fingerprint density at radius 3 is 2.65 bits per heavy atom. The molecule has 8 heteroatoms. The number of nitrogens with one attached hydrogen (secondary N) is 1. The topological polar surface area (TPSA) is 57.7 Å². The molecule has 0 radical (unpaired) electrons. The lowest BCUT2D eigenvalue weighted by Gasteiger charge is -2.37. The van der Waals surface area contributed by atoms with Crippen LogP contribution < -0.4 is 5.32 Å². The number of thioether (sulfide) groups is 1. The first-order valence-corrected chi connectivity index (χ1v) is 10.7. The number of ether oxygens (including phenoxy) is 1. The fourth-order valence-electron chi connectivity index (χ4n) is 2.88. The minimum absolute atomic E-state index is 0.252. The van der Waals surface area contributed by atoms with Crippen LogP contribution in [-0.2, 0) is 16.0 Å². The number of aromatic nitrogens is 1. The zero-order chi connectivity index (χ0) is 18.8.